The molecule has 1 N–H and O–H groups in total. The van der Waals surface area contributed by atoms with Gasteiger partial charge in [0, 0.05) is 18.1 Å². The molecule has 2 aliphatic carbocycles. The van der Waals surface area contributed by atoms with E-state index in [9.17, 15) is 9.90 Å². The second kappa shape index (κ2) is 7.79. The monoisotopic (exact) mass is 371 g/mol. The van der Waals surface area contributed by atoms with Crippen molar-refractivity contribution in [3.63, 3.8) is 0 Å². The van der Waals surface area contributed by atoms with Crippen molar-refractivity contribution < 1.29 is 9.90 Å². The van der Waals surface area contributed by atoms with Gasteiger partial charge in [-0.15, -0.1) is 0 Å². The number of hydrogen-bond donors (Lipinski definition) is 1. The Morgan fingerprint density at radius 1 is 1.31 bits per heavy atom. The molecule has 0 amide bonds. The third-order valence-electron chi connectivity index (χ3n) is 5.66. The van der Waals surface area contributed by atoms with Crippen LogP contribution in [0.4, 0.5) is 0 Å². The molecule has 1 saturated carbocycles. The zero-order chi connectivity index (χ0) is 18.7. The molecule has 1 spiro atoms. The van der Waals surface area contributed by atoms with Crippen molar-refractivity contribution in [1.29, 1.82) is 0 Å². The standard InChI is InChI=1S/C22H26ClNO2/c1-3-17(23)14-24-13-16-8-7-15(2)18(11-16)20-19(25)12-22(21(20)26)9-5-4-6-10-22/h3,7-8,11,14,26H,4-6,9-10,12-13H2,1-2H3/b17-3+,24-14-. The predicted octanol–water partition coefficient (Wildman–Crippen LogP) is 5.90. The van der Waals surface area contributed by atoms with E-state index in [1.54, 1.807) is 12.3 Å². The van der Waals surface area contributed by atoms with Gasteiger partial charge >= 0.3 is 0 Å². The highest BCUT2D eigenvalue weighted by molar-refractivity contribution is 6.39. The second-order valence-electron chi connectivity index (χ2n) is 7.46. The third-order valence-corrected chi connectivity index (χ3v) is 5.98. The summed E-state index contributed by atoms with van der Waals surface area (Å²) in [5, 5.41) is 11.6. The van der Waals surface area contributed by atoms with Gasteiger partial charge in [-0.05, 0) is 49.4 Å². The Bertz CT molecular complexity index is 798. The molecule has 1 aromatic rings. The average molecular weight is 372 g/mol. The van der Waals surface area contributed by atoms with E-state index < -0.39 is 0 Å². The number of aliphatic hydroxyl groups is 1. The van der Waals surface area contributed by atoms with Gasteiger partial charge in [-0.25, -0.2) is 0 Å². The van der Waals surface area contributed by atoms with Gasteiger partial charge in [0.25, 0.3) is 0 Å². The zero-order valence-electron chi connectivity index (χ0n) is 15.5. The Morgan fingerprint density at radius 3 is 2.73 bits per heavy atom. The number of hydrogen-bond acceptors (Lipinski definition) is 3. The smallest absolute Gasteiger partial charge is 0.167 e. The lowest BCUT2D eigenvalue weighted by Gasteiger charge is -2.32. The summed E-state index contributed by atoms with van der Waals surface area (Å²) < 4.78 is 0. The lowest BCUT2D eigenvalue weighted by molar-refractivity contribution is -0.114. The van der Waals surface area contributed by atoms with E-state index >= 15 is 0 Å². The van der Waals surface area contributed by atoms with Gasteiger partial charge in [0.15, 0.2) is 5.78 Å². The Balaban J connectivity index is 1.94. The van der Waals surface area contributed by atoms with Crippen molar-refractivity contribution in [1.82, 2.24) is 0 Å². The van der Waals surface area contributed by atoms with E-state index in [0.717, 1.165) is 42.4 Å². The minimum atomic E-state index is -0.315. The molecular weight excluding hydrogens is 346 g/mol. The lowest BCUT2D eigenvalue weighted by atomic mass is 9.72. The lowest BCUT2D eigenvalue weighted by Crippen LogP contribution is -2.24. The van der Waals surface area contributed by atoms with Crippen molar-refractivity contribution in [3.8, 4) is 0 Å². The fourth-order valence-corrected chi connectivity index (χ4v) is 4.22. The van der Waals surface area contributed by atoms with Crippen LogP contribution in [0, 0.1) is 12.3 Å². The molecule has 0 radical (unpaired) electrons. The molecule has 0 bridgehead atoms. The molecule has 3 rings (SSSR count). The molecule has 0 aliphatic heterocycles. The Kier molecular flexibility index (Phi) is 5.67. The highest BCUT2D eigenvalue weighted by atomic mass is 35.5. The molecule has 0 heterocycles. The van der Waals surface area contributed by atoms with E-state index in [1.807, 2.05) is 32.0 Å². The molecule has 26 heavy (non-hydrogen) atoms. The summed E-state index contributed by atoms with van der Waals surface area (Å²) in [6.07, 6.45) is 9.07. The Morgan fingerprint density at radius 2 is 2.04 bits per heavy atom. The first-order valence-corrected chi connectivity index (χ1v) is 9.73. The molecule has 0 saturated heterocycles. The highest BCUT2D eigenvalue weighted by Gasteiger charge is 2.46. The van der Waals surface area contributed by atoms with Crippen molar-refractivity contribution in [2.75, 3.05) is 0 Å². The number of aryl methyl sites for hydroxylation is 1. The van der Waals surface area contributed by atoms with E-state index in [2.05, 4.69) is 4.99 Å². The van der Waals surface area contributed by atoms with Crippen LogP contribution in [0.3, 0.4) is 0 Å². The number of nitrogens with zero attached hydrogens (tertiary/aromatic N) is 1. The van der Waals surface area contributed by atoms with Gasteiger partial charge in [-0.2, -0.15) is 0 Å². The molecule has 2 aliphatic rings. The van der Waals surface area contributed by atoms with Crippen molar-refractivity contribution in [3.05, 3.63) is 51.8 Å². The molecule has 0 aromatic heterocycles. The molecule has 1 fully saturated rings. The van der Waals surface area contributed by atoms with Crippen LogP contribution in [0.25, 0.3) is 5.57 Å². The van der Waals surface area contributed by atoms with Gasteiger partial charge in [-0.3, -0.25) is 9.79 Å². The van der Waals surface area contributed by atoms with Crippen LogP contribution in [-0.2, 0) is 11.3 Å². The normalized spacial score (nSPS) is 20.6. The summed E-state index contributed by atoms with van der Waals surface area (Å²) in [6, 6.07) is 5.99. The summed E-state index contributed by atoms with van der Waals surface area (Å²) in [5.74, 6) is 0.396. The number of allylic oxidation sites excluding steroid dienone is 4. The number of Topliss-reactive ketones (excluding diaryl/α,β-unsaturated/α-hetero) is 1. The van der Waals surface area contributed by atoms with Gasteiger partial charge in [0.2, 0.25) is 0 Å². The highest BCUT2D eigenvalue weighted by Crippen LogP contribution is 2.52. The van der Waals surface area contributed by atoms with Crippen LogP contribution in [-0.4, -0.2) is 17.1 Å². The molecule has 138 valence electrons. The summed E-state index contributed by atoms with van der Waals surface area (Å²) in [4.78, 5) is 17.1. The van der Waals surface area contributed by atoms with E-state index in [4.69, 9.17) is 11.6 Å². The van der Waals surface area contributed by atoms with Crippen LogP contribution in [0.5, 0.6) is 0 Å². The SMILES string of the molecule is C/C=C(Cl)\C=N/Cc1ccc(C)c(C2=C(O)C3(CCCCC3)CC2=O)c1. The van der Waals surface area contributed by atoms with Gasteiger partial charge in [0.1, 0.15) is 5.76 Å². The second-order valence-corrected chi connectivity index (χ2v) is 7.89. The van der Waals surface area contributed by atoms with E-state index in [1.165, 1.54) is 6.42 Å². The first-order valence-electron chi connectivity index (χ1n) is 9.35. The number of benzene rings is 1. The van der Waals surface area contributed by atoms with Crippen molar-refractivity contribution >= 4 is 29.2 Å². The van der Waals surface area contributed by atoms with Gasteiger partial charge in [0.05, 0.1) is 17.2 Å². The number of carbonyl (C=O) groups is 1. The van der Waals surface area contributed by atoms with Crippen LogP contribution in [0.1, 0.15) is 62.1 Å². The van der Waals surface area contributed by atoms with E-state index in [0.29, 0.717) is 29.3 Å². The number of aliphatic imine (C=N–C) groups is 1. The molecular formula is C22H26ClNO2. The van der Waals surface area contributed by atoms with Gasteiger partial charge < -0.3 is 5.11 Å². The molecule has 0 atom stereocenters. The number of carbonyl (C=O) groups excluding carboxylic acids is 1. The van der Waals surface area contributed by atoms with Crippen LogP contribution in [0.15, 0.2) is 40.1 Å². The van der Waals surface area contributed by atoms with Crippen LogP contribution in [0.2, 0.25) is 0 Å². The summed E-state index contributed by atoms with van der Waals surface area (Å²) in [5.41, 5.74) is 3.07. The maximum atomic E-state index is 12.8. The maximum Gasteiger partial charge on any atom is 0.167 e. The summed E-state index contributed by atoms with van der Waals surface area (Å²) >= 11 is 5.94. The Labute approximate surface area is 160 Å². The zero-order valence-corrected chi connectivity index (χ0v) is 16.3. The number of aliphatic hydroxyl groups excluding tert-OH is 1. The first-order chi connectivity index (χ1) is 12.5. The fourth-order valence-electron chi connectivity index (χ4n) is 4.15. The maximum absolute atomic E-state index is 12.8. The number of ketones is 1. The minimum Gasteiger partial charge on any atom is -0.511 e. The molecule has 4 heteroatoms. The topological polar surface area (TPSA) is 49.7 Å². The third kappa shape index (κ3) is 3.64. The van der Waals surface area contributed by atoms with Crippen LogP contribution < -0.4 is 0 Å². The predicted molar refractivity (Wildman–Crippen MR) is 108 cm³/mol. The van der Waals surface area contributed by atoms with Crippen molar-refractivity contribution in [2.45, 2.75) is 58.9 Å². The number of halogens is 1. The fraction of sp³-hybridized carbons (Fsp3) is 0.455. The van der Waals surface area contributed by atoms with Gasteiger partial charge in [-0.1, -0.05) is 49.1 Å². The van der Waals surface area contributed by atoms with Crippen molar-refractivity contribution in [2.24, 2.45) is 10.4 Å². The molecule has 3 nitrogen and oxygen atoms in total. The van der Waals surface area contributed by atoms with E-state index in [-0.39, 0.29) is 11.2 Å². The molecule has 0 unspecified atom stereocenters. The first kappa shape index (κ1) is 18.9. The minimum absolute atomic E-state index is 0.0742. The number of rotatable bonds is 4. The molecule has 1 aromatic carbocycles. The summed E-state index contributed by atoms with van der Waals surface area (Å²) in [6.45, 7) is 4.34. The largest absolute Gasteiger partial charge is 0.511 e. The van der Waals surface area contributed by atoms with Crippen LogP contribution >= 0.6 is 11.6 Å². The summed E-state index contributed by atoms with van der Waals surface area (Å²) in [7, 11) is 0. The Hall–Kier alpha value is -1.87. The quantitative estimate of drug-likeness (QED) is 0.669. The average Bonchev–Trinajstić information content (AvgIpc) is 2.87.